The van der Waals surface area contributed by atoms with Crippen LogP contribution in [0.3, 0.4) is 0 Å². The van der Waals surface area contributed by atoms with Gasteiger partial charge in [-0.05, 0) is 25.1 Å². The molecule has 25 heavy (non-hydrogen) atoms. The van der Waals surface area contributed by atoms with Crippen LogP contribution in [0, 0.1) is 0 Å². The van der Waals surface area contributed by atoms with Gasteiger partial charge in [0.2, 0.25) is 0 Å². The Morgan fingerprint density at radius 1 is 1.04 bits per heavy atom. The van der Waals surface area contributed by atoms with Crippen LogP contribution in [0.4, 0.5) is 0 Å². The SMILES string of the molecule is CC(Oc1ccccc1)C(=O)NNC(=O)c1sc2ccccc2c1Cl. The quantitative estimate of drug-likeness (QED) is 0.683. The number of thiophene rings is 1. The monoisotopic (exact) mass is 374 g/mol. The molecule has 0 aliphatic carbocycles. The maximum absolute atomic E-state index is 12.3. The van der Waals surface area contributed by atoms with E-state index in [1.807, 2.05) is 42.5 Å². The number of carbonyl (C=O) groups excluding carboxylic acids is 2. The maximum Gasteiger partial charge on any atom is 0.281 e. The van der Waals surface area contributed by atoms with Crippen LogP contribution >= 0.6 is 22.9 Å². The van der Waals surface area contributed by atoms with E-state index in [2.05, 4.69) is 10.9 Å². The van der Waals surface area contributed by atoms with Gasteiger partial charge in [0, 0.05) is 10.1 Å². The van der Waals surface area contributed by atoms with E-state index in [9.17, 15) is 9.59 Å². The third-order valence-electron chi connectivity index (χ3n) is 3.47. The van der Waals surface area contributed by atoms with E-state index >= 15 is 0 Å². The normalized spacial score (nSPS) is 11.8. The Labute approximate surface area is 153 Å². The fourth-order valence-electron chi connectivity index (χ4n) is 2.19. The highest BCUT2D eigenvalue weighted by Gasteiger charge is 2.19. The van der Waals surface area contributed by atoms with Crippen molar-refractivity contribution in [1.29, 1.82) is 0 Å². The number of carbonyl (C=O) groups is 2. The molecule has 1 heterocycles. The lowest BCUT2D eigenvalue weighted by Crippen LogP contribution is -2.47. The molecule has 1 atom stereocenters. The molecular weight excluding hydrogens is 360 g/mol. The second kappa shape index (κ2) is 7.55. The van der Waals surface area contributed by atoms with E-state index in [1.54, 1.807) is 19.1 Å². The van der Waals surface area contributed by atoms with Crippen LogP contribution in [0.25, 0.3) is 10.1 Å². The molecule has 3 rings (SSSR count). The first kappa shape index (κ1) is 17.3. The molecule has 3 aromatic rings. The summed E-state index contributed by atoms with van der Waals surface area (Å²) in [5, 5.41) is 1.19. The van der Waals surface area contributed by atoms with E-state index in [4.69, 9.17) is 16.3 Å². The first-order chi connectivity index (χ1) is 12.1. The molecule has 5 nitrogen and oxygen atoms in total. The van der Waals surface area contributed by atoms with Crippen molar-refractivity contribution in [2.75, 3.05) is 0 Å². The summed E-state index contributed by atoms with van der Waals surface area (Å²) in [5.41, 5.74) is 4.73. The van der Waals surface area contributed by atoms with Crippen LogP contribution in [0.2, 0.25) is 5.02 Å². The average molecular weight is 375 g/mol. The van der Waals surface area contributed by atoms with Crippen LogP contribution < -0.4 is 15.6 Å². The number of ether oxygens (including phenoxy) is 1. The van der Waals surface area contributed by atoms with Gasteiger partial charge in [-0.1, -0.05) is 48.0 Å². The average Bonchev–Trinajstić information content (AvgIpc) is 2.97. The number of hydrazine groups is 1. The van der Waals surface area contributed by atoms with Crippen molar-refractivity contribution in [1.82, 2.24) is 10.9 Å². The standard InChI is InChI=1S/C18H15ClN2O3S/c1-11(24-12-7-3-2-4-8-12)17(22)20-21-18(23)16-15(19)13-9-5-6-10-14(13)25-16/h2-11H,1H3,(H,20,22)(H,21,23). The molecule has 0 radical (unpaired) electrons. The second-order valence-corrected chi connectivity index (χ2v) is 6.69. The minimum Gasteiger partial charge on any atom is -0.481 e. The van der Waals surface area contributed by atoms with E-state index in [0.29, 0.717) is 15.6 Å². The lowest BCUT2D eigenvalue weighted by atomic mass is 10.2. The van der Waals surface area contributed by atoms with Crippen molar-refractivity contribution in [2.24, 2.45) is 0 Å². The Hall–Kier alpha value is -2.57. The Bertz CT molecular complexity index is 911. The van der Waals surface area contributed by atoms with E-state index in [-0.39, 0.29) is 0 Å². The summed E-state index contributed by atoms with van der Waals surface area (Å²) in [7, 11) is 0. The molecule has 1 aromatic heterocycles. The molecule has 0 bridgehead atoms. The number of hydrogen-bond donors (Lipinski definition) is 2. The summed E-state index contributed by atoms with van der Waals surface area (Å²) >= 11 is 7.52. The number of amides is 2. The number of hydrogen-bond acceptors (Lipinski definition) is 4. The van der Waals surface area contributed by atoms with Crippen LogP contribution in [0.5, 0.6) is 5.75 Å². The largest absolute Gasteiger partial charge is 0.481 e. The van der Waals surface area contributed by atoms with Gasteiger partial charge in [0.1, 0.15) is 10.6 Å². The van der Waals surface area contributed by atoms with Gasteiger partial charge >= 0.3 is 0 Å². The molecule has 0 aliphatic rings. The fraction of sp³-hybridized carbons (Fsp3) is 0.111. The molecule has 7 heteroatoms. The van der Waals surface area contributed by atoms with Crippen molar-refractivity contribution in [3.05, 3.63) is 64.5 Å². The van der Waals surface area contributed by atoms with Crippen LogP contribution in [0.1, 0.15) is 16.6 Å². The molecule has 0 fully saturated rings. The van der Waals surface area contributed by atoms with Gasteiger partial charge in [0.25, 0.3) is 11.8 Å². The summed E-state index contributed by atoms with van der Waals surface area (Å²) in [6, 6.07) is 16.4. The van der Waals surface area contributed by atoms with E-state index in [1.165, 1.54) is 11.3 Å². The van der Waals surface area contributed by atoms with Crippen molar-refractivity contribution < 1.29 is 14.3 Å². The smallest absolute Gasteiger partial charge is 0.281 e. The van der Waals surface area contributed by atoms with Crippen LogP contribution in [-0.4, -0.2) is 17.9 Å². The summed E-state index contributed by atoms with van der Waals surface area (Å²) < 4.78 is 6.41. The predicted molar refractivity (Wildman–Crippen MR) is 99.0 cm³/mol. The van der Waals surface area contributed by atoms with Crippen molar-refractivity contribution in [3.8, 4) is 5.75 Å². The van der Waals surface area contributed by atoms with Crippen molar-refractivity contribution in [2.45, 2.75) is 13.0 Å². The zero-order valence-corrected chi connectivity index (χ0v) is 14.9. The molecule has 0 saturated carbocycles. The number of para-hydroxylation sites is 1. The first-order valence-corrected chi connectivity index (χ1v) is 8.74. The minimum atomic E-state index is -0.763. The summed E-state index contributed by atoms with van der Waals surface area (Å²) in [6.45, 7) is 1.60. The fourth-order valence-corrected chi connectivity index (χ4v) is 3.61. The maximum atomic E-state index is 12.3. The van der Waals surface area contributed by atoms with Gasteiger partial charge in [-0.2, -0.15) is 0 Å². The molecule has 0 aliphatic heterocycles. The predicted octanol–water partition coefficient (Wildman–Crippen LogP) is 3.78. The minimum absolute atomic E-state index is 0.347. The number of nitrogens with one attached hydrogen (secondary N) is 2. The number of benzene rings is 2. The Balaban J connectivity index is 1.61. The Morgan fingerprint density at radius 2 is 1.72 bits per heavy atom. The third kappa shape index (κ3) is 3.92. The summed E-state index contributed by atoms with van der Waals surface area (Å²) in [6.07, 6.45) is -0.763. The molecule has 0 saturated heterocycles. The van der Waals surface area contributed by atoms with Crippen molar-refractivity contribution in [3.63, 3.8) is 0 Å². The van der Waals surface area contributed by atoms with Gasteiger partial charge in [0.15, 0.2) is 6.10 Å². The molecule has 128 valence electrons. The summed E-state index contributed by atoms with van der Waals surface area (Å²) in [5.74, 6) is -0.357. The Morgan fingerprint density at radius 3 is 2.44 bits per heavy atom. The highest BCUT2D eigenvalue weighted by molar-refractivity contribution is 7.21. The molecule has 2 N–H and O–H groups in total. The van der Waals surface area contributed by atoms with E-state index in [0.717, 1.165) is 10.1 Å². The molecule has 0 spiro atoms. The van der Waals surface area contributed by atoms with Crippen LogP contribution in [-0.2, 0) is 4.79 Å². The molecule has 1 unspecified atom stereocenters. The second-order valence-electron chi connectivity index (χ2n) is 5.26. The lowest BCUT2D eigenvalue weighted by Gasteiger charge is -2.14. The first-order valence-electron chi connectivity index (χ1n) is 7.55. The highest BCUT2D eigenvalue weighted by Crippen LogP contribution is 2.34. The number of rotatable bonds is 4. The van der Waals surface area contributed by atoms with Gasteiger partial charge < -0.3 is 4.74 Å². The topological polar surface area (TPSA) is 67.4 Å². The van der Waals surface area contributed by atoms with Gasteiger partial charge in [-0.25, -0.2) is 0 Å². The Kier molecular flexibility index (Phi) is 5.21. The van der Waals surface area contributed by atoms with Crippen LogP contribution in [0.15, 0.2) is 54.6 Å². The lowest BCUT2D eigenvalue weighted by molar-refractivity contribution is -0.128. The van der Waals surface area contributed by atoms with Gasteiger partial charge in [0.05, 0.1) is 5.02 Å². The molecular formula is C18H15ClN2O3S. The van der Waals surface area contributed by atoms with E-state index < -0.39 is 17.9 Å². The van der Waals surface area contributed by atoms with Gasteiger partial charge in [-0.3, -0.25) is 20.4 Å². The molecule has 2 amide bonds. The summed E-state index contributed by atoms with van der Waals surface area (Å²) in [4.78, 5) is 24.7. The van der Waals surface area contributed by atoms with Gasteiger partial charge in [-0.15, -0.1) is 11.3 Å². The number of fused-ring (bicyclic) bond motifs is 1. The zero-order chi connectivity index (χ0) is 17.8. The zero-order valence-electron chi connectivity index (χ0n) is 13.3. The third-order valence-corrected chi connectivity index (χ3v) is 5.14. The number of halogens is 1. The molecule has 2 aromatic carbocycles. The highest BCUT2D eigenvalue weighted by atomic mass is 35.5. The van der Waals surface area contributed by atoms with Crippen molar-refractivity contribution >= 4 is 44.8 Å².